The largest absolute Gasteiger partial charge is 0.318 e. The van der Waals surface area contributed by atoms with Gasteiger partial charge in [-0.1, -0.05) is 6.07 Å². The quantitative estimate of drug-likeness (QED) is 0.574. The number of nitrogen functional groups attached to an aromatic ring is 1. The number of hydrazine groups is 1. The summed E-state index contributed by atoms with van der Waals surface area (Å²) in [4.78, 5) is 19.3. The standard InChI is InChI=1S/C11H9F2N5O/c12-6-2-1-3-7(10(6)13)17-11(19)8-4-15-5-9(16-8)18-14/h1-5H,14H2,(H,16,18)(H,17,19). The van der Waals surface area contributed by atoms with Crippen LogP contribution in [0, 0.1) is 11.6 Å². The predicted octanol–water partition coefficient (Wildman–Crippen LogP) is 1.29. The van der Waals surface area contributed by atoms with E-state index in [4.69, 9.17) is 5.84 Å². The number of anilines is 2. The van der Waals surface area contributed by atoms with E-state index in [9.17, 15) is 13.6 Å². The number of nitrogens with zero attached hydrogens (tertiary/aromatic N) is 2. The maximum absolute atomic E-state index is 13.4. The van der Waals surface area contributed by atoms with Crippen molar-refractivity contribution in [2.24, 2.45) is 5.84 Å². The number of rotatable bonds is 3. The molecule has 0 spiro atoms. The zero-order valence-electron chi connectivity index (χ0n) is 9.52. The van der Waals surface area contributed by atoms with Crippen LogP contribution in [0.4, 0.5) is 20.3 Å². The molecule has 1 aromatic heterocycles. The highest BCUT2D eigenvalue weighted by molar-refractivity contribution is 6.02. The summed E-state index contributed by atoms with van der Waals surface area (Å²) in [6.07, 6.45) is 2.48. The van der Waals surface area contributed by atoms with Gasteiger partial charge in [0.1, 0.15) is 5.69 Å². The van der Waals surface area contributed by atoms with Gasteiger partial charge in [-0.2, -0.15) is 0 Å². The lowest BCUT2D eigenvalue weighted by Gasteiger charge is -2.06. The van der Waals surface area contributed by atoms with Crippen LogP contribution in [-0.4, -0.2) is 15.9 Å². The minimum atomic E-state index is -1.14. The molecule has 2 aromatic rings. The lowest BCUT2D eigenvalue weighted by Crippen LogP contribution is -2.17. The predicted molar refractivity (Wildman–Crippen MR) is 64.2 cm³/mol. The first-order valence-corrected chi connectivity index (χ1v) is 5.16. The van der Waals surface area contributed by atoms with Crippen LogP contribution in [0.3, 0.4) is 0 Å². The molecule has 0 aliphatic rings. The number of aromatic nitrogens is 2. The molecule has 0 aliphatic carbocycles. The molecule has 1 heterocycles. The smallest absolute Gasteiger partial charge is 0.276 e. The summed E-state index contributed by atoms with van der Waals surface area (Å²) in [5.41, 5.74) is 1.86. The van der Waals surface area contributed by atoms with Crippen LogP contribution in [-0.2, 0) is 0 Å². The summed E-state index contributed by atoms with van der Waals surface area (Å²) in [5.74, 6) is 2.37. The van der Waals surface area contributed by atoms with E-state index in [1.54, 1.807) is 0 Å². The average molecular weight is 265 g/mol. The van der Waals surface area contributed by atoms with Crippen LogP contribution < -0.4 is 16.6 Å². The second-order valence-electron chi connectivity index (χ2n) is 3.49. The van der Waals surface area contributed by atoms with E-state index < -0.39 is 17.5 Å². The third kappa shape index (κ3) is 2.80. The molecule has 0 atom stereocenters. The van der Waals surface area contributed by atoms with E-state index in [0.717, 1.165) is 6.07 Å². The molecule has 0 fully saturated rings. The summed E-state index contributed by atoms with van der Waals surface area (Å²) in [6, 6.07) is 3.45. The van der Waals surface area contributed by atoms with Crippen molar-refractivity contribution in [2.75, 3.05) is 10.7 Å². The van der Waals surface area contributed by atoms with Crippen molar-refractivity contribution in [3.05, 3.63) is 47.9 Å². The molecule has 6 nitrogen and oxygen atoms in total. The Hall–Kier alpha value is -2.61. The number of benzene rings is 1. The molecule has 0 saturated heterocycles. The number of halogens is 2. The molecule has 0 aliphatic heterocycles. The number of carbonyl (C=O) groups is 1. The fourth-order valence-electron chi connectivity index (χ4n) is 1.33. The normalized spacial score (nSPS) is 10.1. The van der Waals surface area contributed by atoms with Crippen LogP contribution in [0.25, 0.3) is 0 Å². The van der Waals surface area contributed by atoms with E-state index >= 15 is 0 Å². The number of nitrogens with one attached hydrogen (secondary N) is 2. The fraction of sp³-hybridized carbons (Fsp3) is 0. The van der Waals surface area contributed by atoms with Crippen molar-refractivity contribution < 1.29 is 13.6 Å². The number of nitrogens with two attached hydrogens (primary N) is 1. The van der Waals surface area contributed by atoms with Gasteiger partial charge >= 0.3 is 0 Å². The van der Waals surface area contributed by atoms with Gasteiger partial charge in [0.15, 0.2) is 17.5 Å². The Kier molecular flexibility index (Phi) is 3.62. The molecule has 8 heteroatoms. The van der Waals surface area contributed by atoms with Gasteiger partial charge in [0.2, 0.25) is 0 Å². The summed E-state index contributed by atoms with van der Waals surface area (Å²) in [5, 5.41) is 2.19. The van der Waals surface area contributed by atoms with Gasteiger partial charge in [0.05, 0.1) is 18.1 Å². The second kappa shape index (κ2) is 5.36. The Morgan fingerprint density at radius 2 is 2.05 bits per heavy atom. The first kappa shape index (κ1) is 12.8. The number of hydrogen-bond acceptors (Lipinski definition) is 5. The van der Waals surface area contributed by atoms with Gasteiger partial charge in [0, 0.05) is 0 Å². The first-order valence-electron chi connectivity index (χ1n) is 5.16. The Labute approximate surface area is 106 Å². The monoisotopic (exact) mass is 265 g/mol. The molecule has 0 radical (unpaired) electrons. The highest BCUT2D eigenvalue weighted by Gasteiger charge is 2.13. The molecular formula is C11H9F2N5O. The van der Waals surface area contributed by atoms with Gasteiger partial charge < -0.3 is 10.7 Å². The van der Waals surface area contributed by atoms with Crippen LogP contribution in [0.1, 0.15) is 10.5 Å². The molecule has 0 unspecified atom stereocenters. The minimum absolute atomic E-state index is 0.0842. The van der Waals surface area contributed by atoms with Crippen LogP contribution >= 0.6 is 0 Å². The third-order valence-corrected chi connectivity index (χ3v) is 2.21. The Balaban J connectivity index is 2.23. The summed E-state index contributed by atoms with van der Waals surface area (Å²) in [7, 11) is 0. The molecule has 98 valence electrons. The van der Waals surface area contributed by atoms with E-state index in [2.05, 4.69) is 20.7 Å². The molecule has 4 N–H and O–H groups in total. The van der Waals surface area contributed by atoms with E-state index in [1.165, 1.54) is 24.5 Å². The zero-order valence-corrected chi connectivity index (χ0v) is 9.52. The second-order valence-corrected chi connectivity index (χ2v) is 3.49. The minimum Gasteiger partial charge on any atom is -0.318 e. The van der Waals surface area contributed by atoms with Crippen molar-refractivity contribution in [3.63, 3.8) is 0 Å². The van der Waals surface area contributed by atoms with Crippen LogP contribution in [0.2, 0.25) is 0 Å². The third-order valence-electron chi connectivity index (χ3n) is 2.21. The van der Waals surface area contributed by atoms with Gasteiger partial charge in [-0.25, -0.2) is 19.6 Å². The molecule has 0 saturated carbocycles. The summed E-state index contributed by atoms with van der Waals surface area (Å²) < 4.78 is 26.3. The van der Waals surface area contributed by atoms with Crippen molar-refractivity contribution in [3.8, 4) is 0 Å². The topological polar surface area (TPSA) is 92.9 Å². The maximum Gasteiger partial charge on any atom is 0.276 e. The number of amides is 1. The van der Waals surface area contributed by atoms with Gasteiger partial charge in [-0.15, -0.1) is 0 Å². The van der Waals surface area contributed by atoms with Crippen molar-refractivity contribution in [2.45, 2.75) is 0 Å². The SMILES string of the molecule is NNc1cncc(C(=O)Nc2cccc(F)c2F)n1. The highest BCUT2D eigenvalue weighted by Crippen LogP contribution is 2.17. The maximum atomic E-state index is 13.4. The van der Waals surface area contributed by atoms with Gasteiger partial charge in [0.25, 0.3) is 5.91 Å². The van der Waals surface area contributed by atoms with E-state index in [0.29, 0.717) is 0 Å². The van der Waals surface area contributed by atoms with Crippen molar-refractivity contribution >= 4 is 17.4 Å². The number of carbonyl (C=O) groups excluding carboxylic acids is 1. The summed E-state index contributed by atoms with van der Waals surface area (Å²) in [6.45, 7) is 0. The Bertz CT molecular complexity index is 620. The Morgan fingerprint density at radius 1 is 1.26 bits per heavy atom. The number of hydrogen-bond donors (Lipinski definition) is 3. The first-order chi connectivity index (χ1) is 9.11. The van der Waals surface area contributed by atoms with Crippen molar-refractivity contribution in [1.29, 1.82) is 0 Å². The molecule has 0 bridgehead atoms. The van der Waals surface area contributed by atoms with Crippen LogP contribution in [0.5, 0.6) is 0 Å². The lowest BCUT2D eigenvalue weighted by molar-refractivity contribution is 0.102. The van der Waals surface area contributed by atoms with Gasteiger partial charge in [-0.05, 0) is 12.1 Å². The van der Waals surface area contributed by atoms with Crippen molar-refractivity contribution in [1.82, 2.24) is 9.97 Å². The Morgan fingerprint density at radius 3 is 2.79 bits per heavy atom. The molecule has 1 amide bonds. The average Bonchev–Trinajstić information content (AvgIpc) is 2.44. The van der Waals surface area contributed by atoms with E-state index in [-0.39, 0.29) is 17.2 Å². The zero-order chi connectivity index (χ0) is 13.8. The fourth-order valence-corrected chi connectivity index (χ4v) is 1.33. The molecule has 19 heavy (non-hydrogen) atoms. The molecule has 2 rings (SSSR count). The molecular weight excluding hydrogens is 256 g/mol. The van der Waals surface area contributed by atoms with Crippen LogP contribution in [0.15, 0.2) is 30.6 Å². The van der Waals surface area contributed by atoms with Gasteiger partial charge in [-0.3, -0.25) is 9.78 Å². The lowest BCUT2D eigenvalue weighted by atomic mass is 10.3. The summed E-state index contributed by atoms with van der Waals surface area (Å²) >= 11 is 0. The molecule has 1 aromatic carbocycles. The van der Waals surface area contributed by atoms with E-state index in [1.807, 2.05) is 0 Å². The highest BCUT2D eigenvalue weighted by atomic mass is 19.2.